The quantitative estimate of drug-likeness (QED) is 0.882. The average Bonchev–Trinajstić information content (AvgIpc) is 2.95. The zero-order chi connectivity index (χ0) is 13.4. The minimum atomic E-state index is 0.132. The van der Waals surface area contributed by atoms with Crippen molar-refractivity contribution in [3.8, 4) is 0 Å². The lowest BCUT2D eigenvalue weighted by Crippen LogP contribution is -2.35. The number of anilines is 1. The van der Waals surface area contributed by atoms with Gasteiger partial charge < -0.3 is 10.6 Å². The summed E-state index contributed by atoms with van der Waals surface area (Å²) < 4.78 is 1.10. The van der Waals surface area contributed by atoms with Crippen molar-refractivity contribution < 1.29 is 0 Å². The van der Waals surface area contributed by atoms with E-state index in [2.05, 4.69) is 26.3 Å². The Labute approximate surface area is 128 Å². The van der Waals surface area contributed by atoms with E-state index in [4.69, 9.17) is 17.3 Å². The zero-order valence-corrected chi connectivity index (χ0v) is 13.0. The first-order valence-electron chi connectivity index (χ1n) is 5.74. The Morgan fingerprint density at radius 2 is 2.26 bits per heavy atom. The van der Waals surface area contributed by atoms with E-state index in [0.717, 1.165) is 10.2 Å². The highest BCUT2D eigenvalue weighted by Gasteiger charge is 2.31. The van der Waals surface area contributed by atoms with Crippen molar-refractivity contribution in [3.63, 3.8) is 0 Å². The second-order valence-corrected chi connectivity index (χ2v) is 6.44. The smallest absolute Gasteiger partial charge is 0.196 e. The molecule has 0 saturated carbocycles. The van der Waals surface area contributed by atoms with Crippen molar-refractivity contribution in [2.75, 3.05) is 11.4 Å². The van der Waals surface area contributed by atoms with Gasteiger partial charge in [-0.05, 0) is 45.6 Å². The molecule has 98 valence electrons. The number of benzene rings is 1. The molecule has 0 radical (unpaired) electrons. The first-order chi connectivity index (χ1) is 9.16. The Balaban J connectivity index is 2.02. The molecule has 1 unspecified atom stereocenters. The summed E-state index contributed by atoms with van der Waals surface area (Å²) in [6, 6.07) is 9.85. The SMILES string of the molecule is NC1=NCC(c2sccc2Br)N1c1cccc(Cl)c1. The molecule has 1 aromatic heterocycles. The molecule has 0 fully saturated rings. The highest BCUT2D eigenvalue weighted by molar-refractivity contribution is 9.10. The Morgan fingerprint density at radius 3 is 2.95 bits per heavy atom. The maximum absolute atomic E-state index is 6.06. The summed E-state index contributed by atoms with van der Waals surface area (Å²) in [5.41, 5.74) is 7.00. The lowest BCUT2D eigenvalue weighted by molar-refractivity contribution is 0.781. The van der Waals surface area contributed by atoms with Crippen molar-refractivity contribution in [1.82, 2.24) is 0 Å². The predicted octanol–water partition coefficient (Wildman–Crippen LogP) is 4.04. The Morgan fingerprint density at radius 1 is 1.42 bits per heavy atom. The fourth-order valence-electron chi connectivity index (χ4n) is 2.18. The molecule has 2 N–H and O–H groups in total. The molecule has 0 amide bonds. The molecule has 0 bridgehead atoms. The molecule has 0 spiro atoms. The summed E-state index contributed by atoms with van der Waals surface area (Å²) in [4.78, 5) is 7.62. The molecule has 0 saturated heterocycles. The van der Waals surface area contributed by atoms with Gasteiger partial charge in [0.1, 0.15) is 0 Å². The Kier molecular flexibility index (Phi) is 3.52. The van der Waals surface area contributed by atoms with Gasteiger partial charge in [0.2, 0.25) is 0 Å². The van der Waals surface area contributed by atoms with Crippen LogP contribution in [0.25, 0.3) is 0 Å². The van der Waals surface area contributed by atoms with Gasteiger partial charge in [0.15, 0.2) is 5.96 Å². The van der Waals surface area contributed by atoms with E-state index < -0.39 is 0 Å². The number of nitrogens with two attached hydrogens (primary N) is 1. The van der Waals surface area contributed by atoms with Crippen LogP contribution >= 0.6 is 38.9 Å². The molecule has 1 aliphatic rings. The van der Waals surface area contributed by atoms with Crippen molar-refractivity contribution in [1.29, 1.82) is 0 Å². The number of hydrogen-bond donors (Lipinski definition) is 1. The number of halogens is 2. The first kappa shape index (κ1) is 13.0. The molecular formula is C13H11BrClN3S. The third kappa shape index (κ3) is 2.38. The summed E-state index contributed by atoms with van der Waals surface area (Å²) in [6.45, 7) is 0.664. The largest absolute Gasteiger partial charge is 0.369 e. The summed E-state index contributed by atoms with van der Waals surface area (Å²) in [7, 11) is 0. The Hall–Kier alpha value is -1.04. The fraction of sp³-hybridized carbons (Fsp3) is 0.154. The third-order valence-corrected chi connectivity index (χ3v) is 5.23. The van der Waals surface area contributed by atoms with Gasteiger partial charge in [0, 0.05) is 20.1 Å². The van der Waals surface area contributed by atoms with Gasteiger partial charge in [0.05, 0.1) is 12.6 Å². The van der Waals surface area contributed by atoms with E-state index in [9.17, 15) is 0 Å². The van der Waals surface area contributed by atoms with E-state index in [-0.39, 0.29) is 6.04 Å². The topological polar surface area (TPSA) is 41.6 Å². The number of nitrogens with zero attached hydrogens (tertiary/aromatic N) is 2. The van der Waals surface area contributed by atoms with Crippen molar-refractivity contribution in [3.05, 3.63) is 50.1 Å². The summed E-state index contributed by atoms with van der Waals surface area (Å²) in [5, 5.41) is 2.76. The molecule has 19 heavy (non-hydrogen) atoms. The van der Waals surface area contributed by atoms with Crippen LogP contribution in [0.3, 0.4) is 0 Å². The van der Waals surface area contributed by atoms with E-state index >= 15 is 0 Å². The molecular weight excluding hydrogens is 346 g/mol. The van der Waals surface area contributed by atoms with Crippen LogP contribution in [-0.4, -0.2) is 12.5 Å². The average molecular weight is 357 g/mol. The first-order valence-corrected chi connectivity index (χ1v) is 7.79. The monoisotopic (exact) mass is 355 g/mol. The van der Waals surface area contributed by atoms with Crippen molar-refractivity contribution in [2.24, 2.45) is 10.7 Å². The molecule has 3 nitrogen and oxygen atoms in total. The molecule has 2 aromatic rings. The lowest BCUT2D eigenvalue weighted by atomic mass is 10.2. The van der Waals surface area contributed by atoms with Gasteiger partial charge in [-0.15, -0.1) is 11.3 Å². The van der Waals surface area contributed by atoms with Gasteiger partial charge in [-0.25, -0.2) is 0 Å². The normalized spacial score (nSPS) is 18.7. The van der Waals surface area contributed by atoms with Gasteiger partial charge in [0.25, 0.3) is 0 Å². The minimum Gasteiger partial charge on any atom is -0.369 e. The van der Waals surface area contributed by atoms with Crippen LogP contribution in [-0.2, 0) is 0 Å². The zero-order valence-electron chi connectivity index (χ0n) is 9.88. The van der Waals surface area contributed by atoms with E-state index in [1.165, 1.54) is 4.88 Å². The second-order valence-electron chi connectivity index (χ2n) is 4.20. The van der Waals surface area contributed by atoms with E-state index in [0.29, 0.717) is 17.5 Å². The van der Waals surface area contributed by atoms with Crippen LogP contribution in [0.4, 0.5) is 5.69 Å². The number of hydrogen-bond acceptors (Lipinski definition) is 4. The fourth-order valence-corrected chi connectivity index (χ4v) is 4.08. The van der Waals surface area contributed by atoms with Crippen LogP contribution < -0.4 is 10.6 Å². The minimum absolute atomic E-state index is 0.132. The van der Waals surface area contributed by atoms with Crippen LogP contribution in [0, 0.1) is 0 Å². The van der Waals surface area contributed by atoms with Crippen LogP contribution in [0.15, 0.2) is 45.2 Å². The van der Waals surface area contributed by atoms with Crippen LogP contribution in [0.2, 0.25) is 5.02 Å². The van der Waals surface area contributed by atoms with Gasteiger partial charge in [-0.3, -0.25) is 4.99 Å². The third-order valence-electron chi connectivity index (χ3n) is 3.02. The molecule has 3 rings (SSSR count). The molecule has 1 atom stereocenters. The van der Waals surface area contributed by atoms with Crippen LogP contribution in [0.5, 0.6) is 0 Å². The number of thiophene rings is 1. The second kappa shape index (κ2) is 5.15. The van der Waals surface area contributed by atoms with Gasteiger partial charge >= 0.3 is 0 Å². The molecule has 6 heteroatoms. The van der Waals surface area contributed by atoms with E-state index in [1.54, 1.807) is 11.3 Å². The Bertz CT molecular complexity index is 640. The number of rotatable bonds is 2. The number of aliphatic imine (C=N–C) groups is 1. The molecule has 2 heterocycles. The highest BCUT2D eigenvalue weighted by atomic mass is 79.9. The van der Waals surface area contributed by atoms with E-state index in [1.807, 2.05) is 35.2 Å². The molecule has 0 aliphatic carbocycles. The lowest BCUT2D eigenvalue weighted by Gasteiger charge is -2.26. The highest BCUT2D eigenvalue weighted by Crippen LogP contribution is 2.38. The number of guanidine groups is 1. The van der Waals surface area contributed by atoms with Crippen LogP contribution in [0.1, 0.15) is 10.9 Å². The molecule has 1 aliphatic heterocycles. The van der Waals surface area contributed by atoms with Crippen molar-refractivity contribution >= 4 is 50.5 Å². The predicted molar refractivity (Wildman–Crippen MR) is 85.2 cm³/mol. The summed E-state index contributed by atoms with van der Waals surface area (Å²) in [6.07, 6.45) is 0. The summed E-state index contributed by atoms with van der Waals surface area (Å²) in [5.74, 6) is 0.535. The van der Waals surface area contributed by atoms with Gasteiger partial charge in [-0.1, -0.05) is 17.7 Å². The molecule has 1 aromatic carbocycles. The van der Waals surface area contributed by atoms with Crippen molar-refractivity contribution in [2.45, 2.75) is 6.04 Å². The summed E-state index contributed by atoms with van der Waals surface area (Å²) >= 11 is 11.3. The standard InChI is InChI=1S/C13H11BrClN3S/c14-10-4-5-19-12(10)11-7-17-13(16)18(11)9-3-1-2-8(15)6-9/h1-6,11H,7H2,(H2,16,17). The maximum atomic E-state index is 6.06. The maximum Gasteiger partial charge on any atom is 0.196 e. The van der Waals surface area contributed by atoms with Gasteiger partial charge in [-0.2, -0.15) is 0 Å².